The predicted molar refractivity (Wildman–Crippen MR) is 80.6 cm³/mol. The van der Waals surface area contributed by atoms with Crippen LogP contribution in [0.4, 0.5) is 4.39 Å². The van der Waals surface area contributed by atoms with Gasteiger partial charge in [0.05, 0.1) is 12.5 Å². The Morgan fingerprint density at radius 3 is 2.76 bits per heavy atom. The van der Waals surface area contributed by atoms with E-state index in [1.165, 1.54) is 6.07 Å². The maximum atomic E-state index is 14.0. The highest BCUT2D eigenvalue weighted by molar-refractivity contribution is 6.31. The minimum Gasteiger partial charge on any atom is -0.335 e. The van der Waals surface area contributed by atoms with Gasteiger partial charge in [-0.15, -0.1) is 0 Å². The fourth-order valence-electron chi connectivity index (χ4n) is 3.04. The molecular formula is C16H20ClFN2O. The van der Waals surface area contributed by atoms with Gasteiger partial charge in [-0.1, -0.05) is 17.7 Å². The van der Waals surface area contributed by atoms with Crippen molar-refractivity contribution in [1.82, 2.24) is 10.2 Å². The van der Waals surface area contributed by atoms with Crippen molar-refractivity contribution in [2.75, 3.05) is 6.54 Å². The first kappa shape index (κ1) is 14.8. The number of hydrogen-bond donors (Lipinski definition) is 1. The molecule has 1 aromatic rings. The van der Waals surface area contributed by atoms with Crippen molar-refractivity contribution < 1.29 is 9.18 Å². The summed E-state index contributed by atoms with van der Waals surface area (Å²) in [6, 6.07) is 5.11. The third kappa shape index (κ3) is 3.06. The lowest BCUT2D eigenvalue weighted by Crippen LogP contribution is -2.41. The molecule has 1 N–H and O–H groups in total. The summed E-state index contributed by atoms with van der Waals surface area (Å²) < 4.78 is 14.0. The summed E-state index contributed by atoms with van der Waals surface area (Å²) in [6.45, 7) is 3.19. The van der Waals surface area contributed by atoms with Gasteiger partial charge in [0, 0.05) is 22.7 Å². The Hall–Kier alpha value is -1.13. The number of amides is 1. The fraction of sp³-hybridized carbons (Fsp3) is 0.562. The summed E-state index contributed by atoms with van der Waals surface area (Å²) in [4.78, 5) is 14.6. The van der Waals surface area contributed by atoms with Gasteiger partial charge >= 0.3 is 0 Å². The van der Waals surface area contributed by atoms with E-state index in [-0.39, 0.29) is 36.3 Å². The average Bonchev–Trinajstić information content (AvgIpc) is 3.19. The molecule has 3 nitrogen and oxygen atoms in total. The second-order valence-electron chi connectivity index (χ2n) is 6.04. The lowest BCUT2D eigenvalue weighted by molar-refractivity contribution is -0.137. The molecule has 0 aromatic heterocycles. The Morgan fingerprint density at radius 2 is 2.19 bits per heavy atom. The molecule has 2 fully saturated rings. The maximum Gasteiger partial charge on any atom is 0.227 e. The molecule has 21 heavy (non-hydrogen) atoms. The van der Waals surface area contributed by atoms with Crippen molar-refractivity contribution in [3.05, 3.63) is 34.6 Å². The van der Waals surface area contributed by atoms with Gasteiger partial charge in [0.2, 0.25) is 5.91 Å². The molecule has 5 heteroatoms. The molecule has 2 aliphatic rings. The Labute approximate surface area is 129 Å². The minimum absolute atomic E-state index is 0.00357. The molecule has 0 spiro atoms. The van der Waals surface area contributed by atoms with E-state index in [0.717, 1.165) is 25.8 Å². The summed E-state index contributed by atoms with van der Waals surface area (Å²) >= 11 is 6.10. The van der Waals surface area contributed by atoms with Crippen LogP contribution in [0, 0.1) is 11.7 Å². The van der Waals surface area contributed by atoms with Crippen LogP contribution in [-0.2, 0) is 11.3 Å². The molecule has 2 atom stereocenters. The summed E-state index contributed by atoms with van der Waals surface area (Å²) in [6.07, 6.45) is 2.87. The van der Waals surface area contributed by atoms with E-state index in [1.807, 2.05) is 11.8 Å². The Kier molecular flexibility index (Phi) is 4.18. The van der Waals surface area contributed by atoms with Crippen molar-refractivity contribution in [2.24, 2.45) is 5.92 Å². The Morgan fingerprint density at radius 1 is 1.43 bits per heavy atom. The van der Waals surface area contributed by atoms with Crippen LogP contribution >= 0.6 is 11.6 Å². The Bertz CT molecular complexity index is 527. The van der Waals surface area contributed by atoms with Crippen LogP contribution in [0.25, 0.3) is 0 Å². The number of nitrogens with one attached hydrogen (secondary N) is 1. The van der Waals surface area contributed by atoms with E-state index < -0.39 is 0 Å². The lowest BCUT2D eigenvalue weighted by Gasteiger charge is -2.27. The van der Waals surface area contributed by atoms with E-state index >= 15 is 0 Å². The maximum absolute atomic E-state index is 14.0. The minimum atomic E-state index is -0.335. The van der Waals surface area contributed by atoms with E-state index in [0.29, 0.717) is 10.6 Å². The SMILES string of the molecule is CC1NCCC1C(=O)N(Cc1c(F)cccc1Cl)C1CC1. The number of carbonyl (C=O) groups excluding carboxylic acids is 1. The Balaban J connectivity index is 1.80. The van der Waals surface area contributed by atoms with Crippen LogP contribution in [0.15, 0.2) is 18.2 Å². The topological polar surface area (TPSA) is 32.3 Å². The number of benzene rings is 1. The van der Waals surface area contributed by atoms with Crippen molar-refractivity contribution in [3.63, 3.8) is 0 Å². The molecule has 114 valence electrons. The van der Waals surface area contributed by atoms with Crippen molar-refractivity contribution in [3.8, 4) is 0 Å². The van der Waals surface area contributed by atoms with Crippen molar-refractivity contribution >= 4 is 17.5 Å². The number of rotatable bonds is 4. The van der Waals surface area contributed by atoms with Gasteiger partial charge in [-0.05, 0) is 44.9 Å². The van der Waals surface area contributed by atoms with Gasteiger partial charge in [-0.25, -0.2) is 4.39 Å². The third-order valence-corrected chi connectivity index (χ3v) is 4.86. The van der Waals surface area contributed by atoms with Gasteiger partial charge in [0.1, 0.15) is 5.82 Å². The van der Waals surface area contributed by atoms with Crippen LogP contribution in [0.1, 0.15) is 31.7 Å². The molecule has 1 saturated heterocycles. The highest BCUT2D eigenvalue weighted by atomic mass is 35.5. The standard InChI is InChI=1S/C16H20ClFN2O/c1-10-12(7-8-19-10)16(21)20(11-5-6-11)9-13-14(17)3-2-4-15(13)18/h2-4,10-12,19H,5-9H2,1H3. The lowest BCUT2D eigenvalue weighted by atomic mass is 10.00. The monoisotopic (exact) mass is 310 g/mol. The van der Waals surface area contributed by atoms with E-state index in [2.05, 4.69) is 5.32 Å². The van der Waals surface area contributed by atoms with Gasteiger partial charge in [0.15, 0.2) is 0 Å². The van der Waals surface area contributed by atoms with E-state index in [9.17, 15) is 9.18 Å². The molecule has 1 aliphatic carbocycles. The van der Waals surface area contributed by atoms with Gasteiger partial charge < -0.3 is 10.2 Å². The summed E-state index contributed by atoms with van der Waals surface area (Å²) in [7, 11) is 0. The largest absolute Gasteiger partial charge is 0.335 e. The molecule has 0 radical (unpaired) electrons. The first-order valence-corrected chi connectivity index (χ1v) is 7.92. The highest BCUT2D eigenvalue weighted by Crippen LogP contribution is 2.33. The second-order valence-corrected chi connectivity index (χ2v) is 6.44. The van der Waals surface area contributed by atoms with Gasteiger partial charge in [0.25, 0.3) is 0 Å². The van der Waals surface area contributed by atoms with Crippen LogP contribution in [-0.4, -0.2) is 29.4 Å². The van der Waals surface area contributed by atoms with Crippen molar-refractivity contribution in [2.45, 2.75) is 44.8 Å². The number of halogens is 2. The number of hydrogen-bond acceptors (Lipinski definition) is 2. The molecule has 3 rings (SSSR count). The van der Waals surface area contributed by atoms with Crippen LogP contribution in [0.3, 0.4) is 0 Å². The van der Waals surface area contributed by atoms with E-state index in [1.54, 1.807) is 12.1 Å². The van der Waals surface area contributed by atoms with Crippen LogP contribution in [0.2, 0.25) is 5.02 Å². The molecule has 0 bridgehead atoms. The zero-order chi connectivity index (χ0) is 15.0. The average molecular weight is 311 g/mol. The third-order valence-electron chi connectivity index (χ3n) is 4.50. The first-order chi connectivity index (χ1) is 10.1. The predicted octanol–water partition coefficient (Wildman–Crippen LogP) is 2.97. The second kappa shape index (κ2) is 5.93. The first-order valence-electron chi connectivity index (χ1n) is 7.54. The molecule has 1 amide bonds. The smallest absolute Gasteiger partial charge is 0.227 e. The molecule has 1 saturated carbocycles. The molecule has 1 heterocycles. The van der Waals surface area contributed by atoms with Crippen LogP contribution in [0.5, 0.6) is 0 Å². The van der Waals surface area contributed by atoms with Gasteiger partial charge in [-0.3, -0.25) is 4.79 Å². The molecular weight excluding hydrogens is 291 g/mol. The quantitative estimate of drug-likeness (QED) is 0.927. The van der Waals surface area contributed by atoms with Crippen LogP contribution < -0.4 is 5.32 Å². The number of nitrogens with zero attached hydrogens (tertiary/aromatic N) is 1. The molecule has 2 unspecified atom stereocenters. The summed E-state index contributed by atoms with van der Waals surface area (Å²) in [5.74, 6) is -0.205. The van der Waals surface area contributed by atoms with E-state index in [4.69, 9.17) is 11.6 Å². The summed E-state index contributed by atoms with van der Waals surface area (Å²) in [5.41, 5.74) is 0.429. The summed E-state index contributed by atoms with van der Waals surface area (Å²) in [5, 5.41) is 3.70. The molecule has 1 aromatic carbocycles. The van der Waals surface area contributed by atoms with Gasteiger partial charge in [-0.2, -0.15) is 0 Å². The highest BCUT2D eigenvalue weighted by Gasteiger charge is 2.39. The molecule has 1 aliphatic heterocycles. The number of carbonyl (C=O) groups is 1. The fourth-order valence-corrected chi connectivity index (χ4v) is 3.26. The zero-order valence-electron chi connectivity index (χ0n) is 12.1. The normalized spacial score (nSPS) is 25.1. The van der Waals surface area contributed by atoms with Crippen molar-refractivity contribution in [1.29, 1.82) is 0 Å². The zero-order valence-corrected chi connectivity index (χ0v) is 12.9.